The highest BCUT2D eigenvalue weighted by Gasteiger charge is 2.11. The molecule has 4 aromatic carbocycles. The molecule has 0 heterocycles. The minimum atomic E-state index is -0.201. The Morgan fingerprint density at radius 3 is 2.26 bits per heavy atom. The molecule has 1 N–H and O–H groups in total. The molecule has 0 bridgehead atoms. The zero-order valence-electron chi connectivity index (χ0n) is 17.1. The summed E-state index contributed by atoms with van der Waals surface area (Å²) >= 11 is 6.46. The number of hydrogen-bond acceptors (Lipinski definition) is 2. The van der Waals surface area contributed by atoms with Gasteiger partial charge in [-0.1, -0.05) is 72.3 Å². The number of halogens is 1. The second-order valence-corrected chi connectivity index (χ2v) is 7.46. The van der Waals surface area contributed by atoms with E-state index in [1.54, 1.807) is 18.2 Å². The molecule has 0 aromatic heterocycles. The Hall–Kier alpha value is -3.56. The summed E-state index contributed by atoms with van der Waals surface area (Å²) in [6.07, 6.45) is 0. The summed E-state index contributed by atoms with van der Waals surface area (Å²) in [5.74, 6) is 0.517. The molecule has 1 amide bonds. The number of anilines is 1. The summed E-state index contributed by atoms with van der Waals surface area (Å²) in [7, 11) is 0. The number of carbonyl (C=O) groups is 1. The molecule has 4 heteroatoms. The molecule has 0 aliphatic rings. The lowest BCUT2D eigenvalue weighted by atomic mass is 9.99. The summed E-state index contributed by atoms with van der Waals surface area (Å²) in [6, 6.07) is 31.0. The summed E-state index contributed by atoms with van der Waals surface area (Å²) in [4.78, 5) is 12.8. The number of benzene rings is 4. The highest BCUT2D eigenvalue weighted by Crippen LogP contribution is 2.31. The second kappa shape index (κ2) is 9.50. The van der Waals surface area contributed by atoms with Crippen molar-refractivity contribution in [1.82, 2.24) is 0 Å². The largest absolute Gasteiger partial charge is 0.494 e. The van der Waals surface area contributed by atoms with Gasteiger partial charge in [0.2, 0.25) is 0 Å². The van der Waals surface area contributed by atoms with Crippen LogP contribution in [0.2, 0.25) is 5.02 Å². The van der Waals surface area contributed by atoms with E-state index in [-0.39, 0.29) is 5.91 Å². The minimum Gasteiger partial charge on any atom is -0.494 e. The lowest BCUT2D eigenvalue weighted by molar-refractivity contribution is 0.102. The number of ether oxygens (including phenoxy) is 1. The number of nitrogens with one attached hydrogen (secondary N) is 1. The van der Waals surface area contributed by atoms with E-state index in [0.717, 1.165) is 28.0 Å². The van der Waals surface area contributed by atoms with Crippen LogP contribution in [0.15, 0.2) is 97.1 Å². The standard InChI is InChI=1S/C27H22ClNO2/c1-2-31-24-10-6-9-23(18-24)29-27(30)22-15-16-26(28)25(17-22)21-13-11-20(12-14-21)19-7-4-3-5-8-19/h3-18H,2H2,1H3,(H,29,30). The van der Waals surface area contributed by atoms with E-state index in [9.17, 15) is 4.79 Å². The topological polar surface area (TPSA) is 38.3 Å². The van der Waals surface area contributed by atoms with Crippen LogP contribution in [0.3, 0.4) is 0 Å². The highest BCUT2D eigenvalue weighted by molar-refractivity contribution is 6.33. The Labute approximate surface area is 187 Å². The molecule has 0 spiro atoms. The third-order valence-corrected chi connectivity index (χ3v) is 5.26. The maximum Gasteiger partial charge on any atom is 0.255 e. The van der Waals surface area contributed by atoms with Gasteiger partial charge in [0.05, 0.1) is 6.61 Å². The molecule has 0 saturated carbocycles. The van der Waals surface area contributed by atoms with E-state index >= 15 is 0 Å². The van der Waals surface area contributed by atoms with Gasteiger partial charge in [0.1, 0.15) is 5.75 Å². The molecule has 0 radical (unpaired) electrons. The smallest absolute Gasteiger partial charge is 0.255 e. The average Bonchev–Trinajstić information content (AvgIpc) is 2.80. The van der Waals surface area contributed by atoms with Crippen LogP contribution in [0.5, 0.6) is 5.75 Å². The third-order valence-electron chi connectivity index (χ3n) is 4.93. The first-order valence-corrected chi connectivity index (χ1v) is 10.5. The molecule has 0 fully saturated rings. The first kappa shape index (κ1) is 20.7. The highest BCUT2D eigenvalue weighted by atomic mass is 35.5. The van der Waals surface area contributed by atoms with Crippen molar-refractivity contribution in [3.05, 3.63) is 108 Å². The third kappa shape index (κ3) is 4.96. The summed E-state index contributed by atoms with van der Waals surface area (Å²) < 4.78 is 5.50. The molecule has 0 atom stereocenters. The van der Waals surface area contributed by atoms with Gasteiger partial charge >= 0.3 is 0 Å². The summed E-state index contributed by atoms with van der Waals surface area (Å²) in [5.41, 5.74) is 5.27. The van der Waals surface area contributed by atoms with E-state index in [2.05, 4.69) is 29.6 Å². The molecule has 154 valence electrons. The van der Waals surface area contributed by atoms with Gasteiger partial charge in [-0.25, -0.2) is 0 Å². The van der Waals surface area contributed by atoms with E-state index in [0.29, 0.717) is 22.9 Å². The van der Waals surface area contributed by atoms with Gasteiger partial charge in [0.15, 0.2) is 0 Å². The zero-order chi connectivity index (χ0) is 21.6. The fraction of sp³-hybridized carbons (Fsp3) is 0.0741. The second-order valence-electron chi connectivity index (χ2n) is 7.05. The number of rotatable bonds is 6. The molecule has 4 aromatic rings. The lowest BCUT2D eigenvalue weighted by Crippen LogP contribution is -2.12. The molecule has 0 aliphatic carbocycles. The molecule has 0 unspecified atom stereocenters. The van der Waals surface area contributed by atoms with Crippen LogP contribution in [0, 0.1) is 0 Å². The van der Waals surface area contributed by atoms with Crippen LogP contribution >= 0.6 is 11.6 Å². The summed E-state index contributed by atoms with van der Waals surface area (Å²) in [6.45, 7) is 2.49. The molecule has 0 saturated heterocycles. The van der Waals surface area contributed by atoms with Gasteiger partial charge in [-0.3, -0.25) is 4.79 Å². The minimum absolute atomic E-state index is 0.201. The Morgan fingerprint density at radius 1 is 0.806 bits per heavy atom. The predicted octanol–water partition coefficient (Wildman–Crippen LogP) is 7.33. The van der Waals surface area contributed by atoms with E-state index in [1.165, 1.54) is 0 Å². The molecule has 4 rings (SSSR count). The van der Waals surface area contributed by atoms with Crippen LogP contribution in [0.1, 0.15) is 17.3 Å². The first-order chi connectivity index (χ1) is 15.1. The van der Waals surface area contributed by atoms with Crippen LogP contribution in [-0.4, -0.2) is 12.5 Å². The molecular weight excluding hydrogens is 406 g/mol. The molecule has 3 nitrogen and oxygen atoms in total. The number of hydrogen-bond donors (Lipinski definition) is 1. The van der Waals surface area contributed by atoms with Crippen molar-refractivity contribution in [1.29, 1.82) is 0 Å². The fourth-order valence-electron chi connectivity index (χ4n) is 3.39. The van der Waals surface area contributed by atoms with Crippen molar-refractivity contribution < 1.29 is 9.53 Å². The zero-order valence-corrected chi connectivity index (χ0v) is 17.9. The SMILES string of the molecule is CCOc1cccc(NC(=O)c2ccc(Cl)c(-c3ccc(-c4ccccc4)cc3)c2)c1. The maximum absolute atomic E-state index is 12.8. The first-order valence-electron chi connectivity index (χ1n) is 10.1. The Morgan fingerprint density at radius 2 is 1.52 bits per heavy atom. The van der Waals surface area contributed by atoms with Crippen molar-refractivity contribution >= 4 is 23.2 Å². The lowest BCUT2D eigenvalue weighted by Gasteiger charge is -2.11. The van der Waals surface area contributed by atoms with Gasteiger partial charge in [-0.2, -0.15) is 0 Å². The van der Waals surface area contributed by atoms with Gasteiger partial charge in [0, 0.05) is 27.9 Å². The average molecular weight is 428 g/mol. The number of carbonyl (C=O) groups excluding carboxylic acids is 1. The Bertz CT molecular complexity index is 1190. The molecule has 31 heavy (non-hydrogen) atoms. The van der Waals surface area contributed by atoms with Crippen LogP contribution in [0.25, 0.3) is 22.3 Å². The van der Waals surface area contributed by atoms with Crippen molar-refractivity contribution in [3.8, 4) is 28.0 Å². The van der Waals surface area contributed by atoms with Crippen LogP contribution in [0.4, 0.5) is 5.69 Å². The quantitative estimate of drug-likeness (QED) is 0.350. The van der Waals surface area contributed by atoms with E-state index in [4.69, 9.17) is 16.3 Å². The monoisotopic (exact) mass is 427 g/mol. The maximum atomic E-state index is 12.8. The van der Waals surface area contributed by atoms with Crippen LogP contribution in [-0.2, 0) is 0 Å². The normalized spacial score (nSPS) is 10.5. The molecular formula is C27H22ClNO2. The van der Waals surface area contributed by atoms with Crippen molar-refractivity contribution in [2.24, 2.45) is 0 Å². The van der Waals surface area contributed by atoms with Crippen molar-refractivity contribution in [3.63, 3.8) is 0 Å². The van der Waals surface area contributed by atoms with E-state index < -0.39 is 0 Å². The van der Waals surface area contributed by atoms with E-state index in [1.807, 2.05) is 61.5 Å². The Balaban J connectivity index is 1.57. The number of amides is 1. The van der Waals surface area contributed by atoms with Crippen molar-refractivity contribution in [2.45, 2.75) is 6.92 Å². The van der Waals surface area contributed by atoms with Crippen LogP contribution < -0.4 is 10.1 Å². The van der Waals surface area contributed by atoms with Gasteiger partial charge in [-0.05, 0) is 53.9 Å². The van der Waals surface area contributed by atoms with Crippen molar-refractivity contribution in [2.75, 3.05) is 11.9 Å². The fourth-order valence-corrected chi connectivity index (χ4v) is 3.62. The predicted molar refractivity (Wildman–Crippen MR) is 128 cm³/mol. The summed E-state index contributed by atoms with van der Waals surface area (Å²) in [5, 5.41) is 3.52. The Kier molecular flexibility index (Phi) is 6.34. The molecule has 0 aliphatic heterocycles. The van der Waals surface area contributed by atoms with Gasteiger partial charge in [0.25, 0.3) is 5.91 Å². The van der Waals surface area contributed by atoms with Gasteiger partial charge < -0.3 is 10.1 Å². The van der Waals surface area contributed by atoms with Gasteiger partial charge in [-0.15, -0.1) is 0 Å².